The molecule has 3 rings (SSSR count). The topological polar surface area (TPSA) is 95.0 Å². The van der Waals surface area contributed by atoms with E-state index in [0.29, 0.717) is 12.0 Å². The maximum Gasteiger partial charge on any atom is 0.258 e. The third-order valence-electron chi connectivity index (χ3n) is 4.83. The number of para-hydroxylation sites is 1. The molecule has 0 spiro atoms. The fourth-order valence-electron chi connectivity index (χ4n) is 3.13. The molecule has 7 heteroatoms. The summed E-state index contributed by atoms with van der Waals surface area (Å²) in [4.78, 5) is 12.3. The number of nitrogens with zero attached hydrogens (tertiary/aromatic N) is 1. The Kier molecular flexibility index (Phi) is 7.61. The quantitative estimate of drug-likeness (QED) is 0.297. The van der Waals surface area contributed by atoms with E-state index in [0.717, 1.165) is 24.3 Å². The molecule has 0 aliphatic carbocycles. The zero-order valence-corrected chi connectivity index (χ0v) is 16.6. The first kappa shape index (κ1) is 20.8. The summed E-state index contributed by atoms with van der Waals surface area (Å²) in [7, 11) is 0. The molecular weight excluding hydrogens is 368 g/mol. The predicted molar refractivity (Wildman–Crippen MR) is 113 cm³/mol. The summed E-state index contributed by atoms with van der Waals surface area (Å²) in [5, 5.41) is 13.6. The summed E-state index contributed by atoms with van der Waals surface area (Å²) >= 11 is 0. The number of hydrazone groups is 1. The van der Waals surface area contributed by atoms with Gasteiger partial charge in [-0.25, -0.2) is 16.3 Å². The van der Waals surface area contributed by atoms with Crippen LogP contribution in [0.5, 0.6) is 11.5 Å². The third-order valence-corrected chi connectivity index (χ3v) is 4.83. The average Bonchev–Trinajstić information content (AvgIpc) is 3.23. The normalized spacial score (nSPS) is 18.8. The number of phenolic OH excluding ortho intramolecular Hbond substituents is 1. The van der Waals surface area contributed by atoms with E-state index >= 15 is 0 Å². The number of hydrazine groups is 1. The fourth-order valence-corrected chi connectivity index (χ4v) is 3.13. The molecule has 1 amide bonds. The highest BCUT2D eigenvalue weighted by Crippen LogP contribution is 2.24. The summed E-state index contributed by atoms with van der Waals surface area (Å²) in [6.45, 7) is 2.91. The van der Waals surface area contributed by atoms with Gasteiger partial charge in [-0.05, 0) is 42.7 Å². The van der Waals surface area contributed by atoms with E-state index < -0.39 is 6.04 Å². The first-order valence-corrected chi connectivity index (χ1v) is 10.0. The van der Waals surface area contributed by atoms with E-state index in [-0.39, 0.29) is 17.7 Å². The molecule has 0 aromatic heterocycles. The molecule has 2 unspecified atom stereocenters. The van der Waals surface area contributed by atoms with Crippen LogP contribution in [0.1, 0.15) is 49.8 Å². The van der Waals surface area contributed by atoms with Crippen LogP contribution in [0, 0.1) is 0 Å². The summed E-state index contributed by atoms with van der Waals surface area (Å²) in [6, 6.07) is 14.4. The van der Waals surface area contributed by atoms with Crippen LogP contribution in [0.3, 0.4) is 0 Å². The van der Waals surface area contributed by atoms with E-state index in [9.17, 15) is 9.90 Å². The summed E-state index contributed by atoms with van der Waals surface area (Å²) < 4.78 is 5.74. The van der Waals surface area contributed by atoms with Crippen LogP contribution in [-0.4, -0.2) is 29.9 Å². The first-order valence-electron chi connectivity index (χ1n) is 10.0. The van der Waals surface area contributed by atoms with Crippen molar-refractivity contribution >= 4 is 12.1 Å². The van der Waals surface area contributed by atoms with Crippen molar-refractivity contribution in [3.63, 3.8) is 0 Å². The van der Waals surface area contributed by atoms with E-state index in [2.05, 4.69) is 28.3 Å². The van der Waals surface area contributed by atoms with Gasteiger partial charge in [-0.2, -0.15) is 5.10 Å². The average molecular weight is 396 g/mol. The van der Waals surface area contributed by atoms with Crippen molar-refractivity contribution in [2.24, 2.45) is 5.10 Å². The molecule has 0 bridgehead atoms. The van der Waals surface area contributed by atoms with Crippen molar-refractivity contribution in [2.45, 2.75) is 44.7 Å². The number of aromatic hydroxyl groups is 1. The molecule has 0 saturated carbocycles. The predicted octanol–water partition coefficient (Wildman–Crippen LogP) is 3.02. The SMILES string of the molecule is CCCCCOc1ccc(C2CC(C(=O)N/N=C/c3ccccc3O)NN2)cc1. The molecule has 29 heavy (non-hydrogen) atoms. The standard InChI is InChI=1S/C22H28N4O3/c1-2-3-6-13-29-18-11-9-16(10-12-18)19-14-20(25-24-19)22(28)26-23-15-17-7-4-5-8-21(17)27/h4-5,7-12,15,19-20,24-25,27H,2-3,6,13-14H2,1H3,(H,26,28)/b23-15+. The highest BCUT2D eigenvalue weighted by Gasteiger charge is 2.30. The van der Waals surface area contributed by atoms with Gasteiger partial charge in [0, 0.05) is 11.6 Å². The molecule has 2 aromatic carbocycles. The summed E-state index contributed by atoms with van der Waals surface area (Å²) in [5.41, 5.74) is 10.3. The lowest BCUT2D eigenvalue weighted by Gasteiger charge is -2.11. The second-order valence-corrected chi connectivity index (χ2v) is 7.05. The molecule has 1 fully saturated rings. The second-order valence-electron chi connectivity index (χ2n) is 7.05. The number of phenols is 1. The molecule has 7 nitrogen and oxygen atoms in total. The Bertz CT molecular complexity index is 823. The minimum atomic E-state index is -0.397. The highest BCUT2D eigenvalue weighted by molar-refractivity contribution is 5.86. The van der Waals surface area contributed by atoms with Crippen LogP contribution in [0.15, 0.2) is 53.6 Å². The Hall–Kier alpha value is -2.90. The van der Waals surface area contributed by atoms with Crippen molar-refractivity contribution in [3.05, 3.63) is 59.7 Å². The lowest BCUT2D eigenvalue weighted by molar-refractivity contribution is -0.122. The molecule has 1 aliphatic rings. The zero-order chi connectivity index (χ0) is 20.5. The Balaban J connectivity index is 1.46. The van der Waals surface area contributed by atoms with Gasteiger partial charge in [0.05, 0.1) is 12.8 Å². The molecular formula is C22H28N4O3. The molecule has 154 valence electrons. The van der Waals surface area contributed by atoms with E-state index in [1.165, 1.54) is 19.1 Å². The van der Waals surface area contributed by atoms with Crippen LogP contribution in [0.2, 0.25) is 0 Å². The molecule has 0 radical (unpaired) electrons. The highest BCUT2D eigenvalue weighted by atomic mass is 16.5. The van der Waals surface area contributed by atoms with E-state index in [4.69, 9.17) is 4.74 Å². The van der Waals surface area contributed by atoms with Gasteiger partial charge in [-0.3, -0.25) is 4.79 Å². The number of nitrogens with one attached hydrogen (secondary N) is 3. The lowest BCUT2D eigenvalue weighted by Crippen LogP contribution is -2.41. The van der Waals surface area contributed by atoms with Gasteiger partial charge in [-0.1, -0.05) is 44.0 Å². The Morgan fingerprint density at radius 2 is 2.00 bits per heavy atom. The van der Waals surface area contributed by atoms with Gasteiger partial charge < -0.3 is 9.84 Å². The van der Waals surface area contributed by atoms with Crippen LogP contribution in [0.4, 0.5) is 0 Å². The monoisotopic (exact) mass is 396 g/mol. The van der Waals surface area contributed by atoms with Crippen molar-refractivity contribution < 1.29 is 14.6 Å². The molecule has 2 aromatic rings. The van der Waals surface area contributed by atoms with Gasteiger partial charge in [0.2, 0.25) is 0 Å². The second kappa shape index (κ2) is 10.6. The molecule has 1 saturated heterocycles. The van der Waals surface area contributed by atoms with Crippen LogP contribution in [0.25, 0.3) is 0 Å². The fraction of sp³-hybridized carbons (Fsp3) is 0.364. The zero-order valence-electron chi connectivity index (χ0n) is 16.6. The van der Waals surface area contributed by atoms with Crippen molar-refractivity contribution in [1.82, 2.24) is 16.3 Å². The maximum absolute atomic E-state index is 12.3. The Labute approximate surface area is 171 Å². The number of carbonyl (C=O) groups excluding carboxylic acids is 1. The largest absolute Gasteiger partial charge is 0.507 e. The number of unbranched alkanes of at least 4 members (excludes halogenated alkanes) is 2. The number of ether oxygens (including phenoxy) is 1. The van der Waals surface area contributed by atoms with Crippen molar-refractivity contribution in [1.29, 1.82) is 0 Å². The van der Waals surface area contributed by atoms with Gasteiger partial charge >= 0.3 is 0 Å². The van der Waals surface area contributed by atoms with Gasteiger partial charge in [-0.15, -0.1) is 0 Å². The van der Waals surface area contributed by atoms with Crippen molar-refractivity contribution in [3.8, 4) is 11.5 Å². The third kappa shape index (κ3) is 6.04. The molecule has 4 N–H and O–H groups in total. The summed E-state index contributed by atoms with van der Waals surface area (Å²) in [5.74, 6) is 0.746. The number of carbonyl (C=O) groups is 1. The molecule has 1 aliphatic heterocycles. The lowest BCUT2D eigenvalue weighted by atomic mass is 10.0. The minimum absolute atomic E-state index is 0.0297. The van der Waals surface area contributed by atoms with Crippen molar-refractivity contribution in [2.75, 3.05) is 6.61 Å². The van der Waals surface area contributed by atoms with Gasteiger partial charge in [0.25, 0.3) is 5.91 Å². The minimum Gasteiger partial charge on any atom is -0.507 e. The van der Waals surface area contributed by atoms with Crippen LogP contribution < -0.4 is 21.0 Å². The van der Waals surface area contributed by atoms with E-state index in [1.54, 1.807) is 24.3 Å². The number of amides is 1. The maximum atomic E-state index is 12.3. The number of hydrogen-bond donors (Lipinski definition) is 4. The number of rotatable bonds is 9. The molecule has 1 heterocycles. The number of benzene rings is 2. The summed E-state index contributed by atoms with van der Waals surface area (Å²) in [6.07, 6.45) is 5.45. The Morgan fingerprint density at radius 3 is 2.76 bits per heavy atom. The number of hydrogen-bond acceptors (Lipinski definition) is 6. The molecule has 2 atom stereocenters. The van der Waals surface area contributed by atoms with Crippen LogP contribution >= 0.6 is 0 Å². The Morgan fingerprint density at radius 1 is 1.21 bits per heavy atom. The van der Waals surface area contributed by atoms with Gasteiger partial charge in [0.15, 0.2) is 0 Å². The first-order chi connectivity index (χ1) is 14.2. The van der Waals surface area contributed by atoms with E-state index in [1.807, 2.05) is 24.3 Å². The van der Waals surface area contributed by atoms with Crippen LogP contribution in [-0.2, 0) is 4.79 Å². The smallest absolute Gasteiger partial charge is 0.258 e. The van der Waals surface area contributed by atoms with Gasteiger partial charge in [0.1, 0.15) is 17.5 Å².